The van der Waals surface area contributed by atoms with Crippen LogP contribution in [0.4, 0.5) is 17.6 Å². The maximum Gasteiger partial charge on any atom is 0.132 e. The molecule has 20 heteroatoms. The fourth-order valence-electron chi connectivity index (χ4n) is 7.49. The Balaban J connectivity index is 1.70. The van der Waals surface area contributed by atoms with E-state index in [2.05, 4.69) is 9.97 Å². The first-order chi connectivity index (χ1) is 30.4. The first kappa shape index (κ1) is 45.8. The van der Waals surface area contributed by atoms with E-state index in [1.165, 1.54) is 48.5 Å². The van der Waals surface area contributed by atoms with Gasteiger partial charge in [0.05, 0.1) is 105 Å². The van der Waals surface area contributed by atoms with E-state index in [-0.39, 0.29) is 150 Å². The van der Waals surface area contributed by atoms with Crippen LogP contribution in [0.15, 0.2) is 72.8 Å². The van der Waals surface area contributed by atoms with Crippen molar-refractivity contribution in [2.45, 2.75) is 0 Å². The topological polar surface area (TPSA) is 57.4 Å². The van der Waals surface area contributed by atoms with E-state index in [1.807, 2.05) is 0 Å². The van der Waals surface area contributed by atoms with Crippen LogP contribution in [-0.4, -0.2) is 19.9 Å². The van der Waals surface area contributed by atoms with Gasteiger partial charge in [-0.3, -0.25) is 0 Å². The SMILES string of the molecule is Fc1cccc(Cl)c1-c1c2nc(c(-c3c(F)cccc3Cl)c3[nH]c(c(Cl)c3Cl)c(-c3c(F)cccc3Cl)c3nc(c(-c4c(F)cccc4Cl)c4[nH]c1c(Cl)c4Cl)C(Cl)=C3Cl)C(Cl)=C2Cl. The van der Waals surface area contributed by atoms with Crippen molar-refractivity contribution in [3.63, 3.8) is 0 Å². The first-order valence-electron chi connectivity index (χ1n) is 17.9. The summed E-state index contributed by atoms with van der Waals surface area (Å²) in [5.41, 5.74) is -4.06. The Morgan fingerprint density at radius 3 is 0.688 bits per heavy atom. The summed E-state index contributed by atoms with van der Waals surface area (Å²) in [6.07, 6.45) is 0. The van der Waals surface area contributed by atoms with Gasteiger partial charge in [-0.1, -0.05) is 163 Å². The molecule has 0 aliphatic carbocycles. The Bertz CT molecular complexity index is 2960. The number of hydrogen-bond acceptors (Lipinski definition) is 2. The van der Waals surface area contributed by atoms with E-state index >= 15 is 17.6 Å². The van der Waals surface area contributed by atoms with Crippen LogP contribution in [0.25, 0.3) is 86.7 Å². The van der Waals surface area contributed by atoms with Gasteiger partial charge in [0.15, 0.2) is 0 Å². The van der Waals surface area contributed by atoms with Crippen molar-refractivity contribution in [3.05, 3.63) is 159 Å². The summed E-state index contributed by atoms with van der Waals surface area (Å²) < 4.78 is 65.5. The number of H-pyrrole nitrogens is 2. The number of rotatable bonds is 4. The maximum atomic E-state index is 16.4. The second-order valence-electron chi connectivity index (χ2n) is 13.8. The van der Waals surface area contributed by atoms with Crippen LogP contribution in [0, 0.1) is 23.3 Å². The van der Waals surface area contributed by atoms with Gasteiger partial charge >= 0.3 is 0 Å². The zero-order chi connectivity index (χ0) is 45.8. The Kier molecular flexibility index (Phi) is 12.5. The lowest BCUT2D eigenvalue weighted by Gasteiger charge is -2.11. The van der Waals surface area contributed by atoms with Crippen molar-refractivity contribution in [1.82, 2.24) is 19.9 Å². The van der Waals surface area contributed by atoms with Crippen LogP contribution < -0.4 is 0 Å². The van der Waals surface area contributed by atoms with Gasteiger partial charge in [-0.05, 0) is 48.5 Å². The summed E-state index contributed by atoms with van der Waals surface area (Å²) in [4.78, 5) is 15.8. The second-order valence-corrected chi connectivity index (χ2v) is 18.4. The van der Waals surface area contributed by atoms with Crippen LogP contribution in [0.5, 0.6) is 0 Å². The lowest BCUT2D eigenvalue weighted by Crippen LogP contribution is -1.95. The zero-order valence-corrected chi connectivity index (χ0v) is 39.9. The van der Waals surface area contributed by atoms with Crippen LogP contribution in [0.3, 0.4) is 0 Å². The van der Waals surface area contributed by atoms with Crippen LogP contribution in [-0.2, 0) is 0 Å². The summed E-state index contributed by atoms with van der Waals surface area (Å²) in [6.45, 7) is 0. The molecule has 0 amide bonds. The fourth-order valence-corrected chi connectivity index (χ4v) is 10.4. The highest BCUT2D eigenvalue weighted by molar-refractivity contribution is 6.67. The van der Waals surface area contributed by atoms with Crippen molar-refractivity contribution in [1.29, 1.82) is 0 Å². The smallest absolute Gasteiger partial charge is 0.132 e. The summed E-state index contributed by atoms with van der Waals surface area (Å²) in [5.74, 6) is -3.57. The highest BCUT2D eigenvalue weighted by atomic mass is 35.5. The molecule has 2 N–H and O–H groups in total. The molecule has 8 bridgehead atoms. The molecule has 0 spiro atoms. The molecule has 322 valence electrons. The fraction of sp³-hybridized carbons (Fsp3) is 0. The van der Waals surface area contributed by atoms with E-state index in [4.69, 9.17) is 149 Å². The molecule has 0 saturated carbocycles. The molecule has 64 heavy (non-hydrogen) atoms. The molecular weight excluding hydrogens is 1090 g/mol. The minimum Gasteiger partial charge on any atom is -0.352 e. The highest BCUT2D eigenvalue weighted by Gasteiger charge is 2.35. The largest absolute Gasteiger partial charge is 0.352 e. The van der Waals surface area contributed by atoms with Crippen molar-refractivity contribution >= 4 is 181 Å². The zero-order valence-electron chi connectivity index (χ0n) is 30.9. The number of nitrogens with one attached hydrogen (secondary N) is 2. The predicted molar refractivity (Wildman–Crippen MR) is 260 cm³/mol. The maximum absolute atomic E-state index is 16.4. The number of fused-ring (bicyclic) bond motifs is 8. The molecule has 0 atom stereocenters. The number of aromatic amines is 2. The molecule has 4 aromatic carbocycles. The number of halogens is 16. The molecule has 7 aromatic rings. The van der Waals surface area contributed by atoms with Gasteiger partial charge in [-0.2, -0.15) is 0 Å². The van der Waals surface area contributed by atoms with Gasteiger partial charge < -0.3 is 9.97 Å². The average Bonchev–Trinajstić information content (AvgIpc) is 3.91. The van der Waals surface area contributed by atoms with Crippen LogP contribution in [0.2, 0.25) is 40.2 Å². The summed E-state index contributed by atoms with van der Waals surface area (Å²) in [5, 5.41) is -3.20. The lowest BCUT2D eigenvalue weighted by molar-refractivity contribution is 0.631. The van der Waals surface area contributed by atoms with Gasteiger partial charge in [-0.25, -0.2) is 27.5 Å². The van der Waals surface area contributed by atoms with Gasteiger partial charge in [0, 0.05) is 44.5 Å². The third-order valence-corrected chi connectivity index (χ3v) is 14.9. The van der Waals surface area contributed by atoms with Crippen LogP contribution in [0.1, 0.15) is 22.8 Å². The summed E-state index contributed by atoms with van der Waals surface area (Å²) in [7, 11) is 0. The van der Waals surface area contributed by atoms with Crippen molar-refractivity contribution in [2.24, 2.45) is 0 Å². The molecule has 3 aromatic heterocycles. The van der Waals surface area contributed by atoms with E-state index in [9.17, 15) is 0 Å². The van der Waals surface area contributed by atoms with Crippen molar-refractivity contribution in [3.8, 4) is 44.5 Å². The molecule has 9 rings (SSSR count). The van der Waals surface area contributed by atoms with E-state index < -0.39 is 23.3 Å². The molecule has 0 fully saturated rings. The number of aromatic nitrogens is 4. The van der Waals surface area contributed by atoms with Gasteiger partial charge in [0.25, 0.3) is 0 Å². The average molecular weight is 1100 g/mol. The third kappa shape index (κ3) is 7.20. The Morgan fingerprint density at radius 2 is 0.500 bits per heavy atom. The molecule has 4 nitrogen and oxygen atoms in total. The van der Waals surface area contributed by atoms with Crippen LogP contribution >= 0.6 is 139 Å². The third-order valence-electron chi connectivity index (χ3n) is 10.2. The normalized spacial score (nSPS) is 12.9. The molecule has 2 aliphatic heterocycles. The Labute approximate surface area is 418 Å². The van der Waals surface area contributed by atoms with Crippen molar-refractivity contribution in [2.75, 3.05) is 0 Å². The van der Waals surface area contributed by atoms with Crippen molar-refractivity contribution < 1.29 is 17.6 Å². The molecule has 5 heterocycles. The highest BCUT2D eigenvalue weighted by Crippen LogP contribution is 2.54. The Hall–Kier alpha value is -3.32. The monoisotopic (exact) mass is 1090 g/mol. The van der Waals surface area contributed by atoms with Gasteiger partial charge in [-0.15, -0.1) is 0 Å². The van der Waals surface area contributed by atoms with E-state index in [1.54, 1.807) is 0 Å². The second kappa shape index (κ2) is 17.4. The number of benzene rings is 4. The van der Waals surface area contributed by atoms with Gasteiger partial charge in [0.2, 0.25) is 0 Å². The number of hydrogen-bond donors (Lipinski definition) is 2. The Morgan fingerprint density at radius 1 is 0.297 bits per heavy atom. The molecule has 0 radical (unpaired) electrons. The summed E-state index contributed by atoms with van der Waals surface area (Å²) in [6, 6.07) is 15.3. The van der Waals surface area contributed by atoms with Gasteiger partial charge in [0.1, 0.15) is 23.3 Å². The lowest BCUT2D eigenvalue weighted by atomic mass is 10.0. The summed E-state index contributed by atoms with van der Waals surface area (Å²) >= 11 is 83.9. The standard InChI is InChI=1S/C44H14Cl12F4N4/c45-13-5-1-9-17(57)21(13)25-37-29(49)31(51)39(61-37)26(22-14(46)6-2-10-18(22)58)41-33(53)35(55)43(63-41)28(24-16(48)8-4-12-20(24)60)44-36(56)34(54)42(64-44)27(23-15(47)7-3-11-19(23)59)40-32(52)30(50)38(25)62-40/h1-12,61,64H. The molecular formula is C44H14Cl12F4N4. The first-order valence-corrected chi connectivity index (χ1v) is 22.4. The van der Waals surface area contributed by atoms with E-state index in [0.717, 1.165) is 24.3 Å². The number of nitrogens with zero attached hydrogens (tertiary/aromatic N) is 2. The minimum absolute atomic E-state index is 0.164. The van der Waals surface area contributed by atoms with E-state index in [0.29, 0.717) is 0 Å². The predicted octanol–water partition coefficient (Wildman–Crippen LogP) is 19.4. The quantitative estimate of drug-likeness (QED) is 0.173. The molecule has 0 unspecified atom stereocenters. The minimum atomic E-state index is -0.893. The molecule has 0 saturated heterocycles. The molecule has 2 aliphatic rings.